The third-order valence-corrected chi connectivity index (χ3v) is 2.82. The van der Waals surface area contributed by atoms with Crippen LogP contribution in [0.2, 0.25) is 0 Å². The Morgan fingerprint density at radius 1 is 1.22 bits per heavy atom. The van der Waals surface area contributed by atoms with Crippen LogP contribution >= 0.6 is 0 Å². The van der Waals surface area contributed by atoms with Gasteiger partial charge in [0.25, 0.3) is 0 Å². The Labute approximate surface area is 103 Å². The number of halogens is 1. The molecule has 5 heteroatoms. The monoisotopic (exact) mass is 242 g/mol. The van der Waals surface area contributed by atoms with Gasteiger partial charge in [-0.25, -0.2) is 19.3 Å². The van der Waals surface area contributed by atoms with E-state index >= 15 is 0 Å². The zero-order valence-corrected chi connectivity index (χ0v) is 10.1. The lowest BCUT2D eigenvalue weighted by Crippen LogP contribution is -1.95. The number of fused-ring (bicyclic) bond motifs is 1. The Kier molecular flexibility index (Phi) is 2.33. The van der Waals surface area contributed by atoms with Crippen molar-refractivity contribution >= 4 is 11.2 Å². The van der Waals surface area contributed by atoms with Gasteiger partial charge in [0.1, 0.15) is 11.3 Å². The van der Waals surface area contributed by atoms with Gasteiger partial charge in [0.15, 0.2) is 11.5 Å². The molecule has 0 saturated heterocycles. The van der Waals surface area contributed by atoms with Crippen LogP contribution in [0.25, 0.3) is 22.6 Å². The van der Waals surface area contributed by atoms with Crippen molar-refractivity contribution in [3.8, 4) is 11.4 Å². The molecule has 0 atom stereocenters. The molecule has 0 spiro atoms. The highest BCUT2D eigenvalue weighted by atomic mass is 19.1. The summed E-state index contributed by atoms with van der Waals surface area (Å²) in [5, 5.41) is 0. The van der Waals surface area contributed by atoms with Crippen LogP contribution in [0.4, 0.5) is 4.39 Å². The van der Waals surface area contributed by atoms with Gasteiger partial charge in [0, 0.05) is 7.05 Å². The lowest BCUT2D eigenvalue weighted by atomic mass is 10.1. The van der Waals surface area contributed by atoms with Crippen LogP contribution in [0, 0.1) is 12.7 Å². The van der Waals surface area contributed by atoms with Crippen molar-refractivity contribution < 1.29 is 4.39 Å². The van der Waals surface area contributed by atoms with Gasteiger partial charge in [-0.3, -0.25) is 0 Å². The van der Waals surface area contributed by atoms with E-state index in [1.807, 2.05) is 20.0 Å². The maximum atomic E-state index is 13.9. The van der Waals surface area contributed by atoms with Gasteiger partial charge in [0.2, 0.25) is 0 Å². The molecule has 0 aliphatic rings. The summed E-state index contributed by atoms with van der Waals surface area (Å²) in [5.41, 5.74) is 2.68. The van der Waals surface area contributed by atoms with Gasteiger partial charge in [-0.15, -0.1) is 0 Å². The molecule has 0 saturated carbocycles. The van der Waals surface area contributed by atoms with Crippen molar-refractivity contribution in [1.82, 2.24) is 19.5 Å². The van der Waals surface area contributed by atoms with Gasteiger partial charge >= 0.3 is 0 Å². The molecule has 3 aromatic rings. The number of hydrogen-bond acceptors (Lipinski definition) is 3. The first-order valence-electron chi connectivity index (χ1n) is 5.56. The minimum Gasteiger partial charge on any atom is -0.318 e. The number of aryl methyl sites for hydroxylation is 2. The van der Waals surface area contributed by atoms with E-state index in [9.17, 15) is 4.39 Å². The van der Waals surface area contributed by atoms with Crippen LogP contribution in [0.1, 0.15) is 5.56 Å². The van der Waals surface area contributed by atoms with E-state index in [-0.39, 0.29) is 5.82 Å². The first kappa shape index (κ1) is 10.8. The average molecular weight is 242 g/mol. The van der Waals surface area contributed by atoms with Gasteiger partial charge in [-0.2, -0.15) is 0 Å². The third kappa shape index (κ3) is 1.64. The Balaban J connectivity index is 2.21. The van der Waals surface area contributed by atoms with E-state index < -0.39 is 0 Å². The van der Waals surface area contributed by atoms with Crippen LogP contribution in [0.15, 0.2) is 30.7 Å². The number of imidazole rings is 1. The van der Waals surface area contributed by atoms with Crippen LogP contribution in [0.3, 0.4) is 0 Å². The van der Waals surface area contributed by atoms with Gasteiger partial charge in [-0.1, -0.05) is 6.07 Å². The smallest absolute Gasteiger partial charge is 0.164 e. The van der Waals surface area contributed by atoms with E-state index in [2.05, 4.69) is 15.0 Å². The van der Waals surface area contributed by atoms with Crippen molar-refractivity contribution in [3.63, 3.8) is 0 Å². The van der Waals surface area contributed by atoms with E-state index in [1.54, 1.807) is 23.2 Å². The third-order valence-electron chi connectivity index (χ3n) is 2.82. The zero-order chi connectivity index (χ0) is 12.7. The van der Waals surface area contributed by atoms with Gasteiger partial charge in [0.05, 0.1) is 18.1 Å². The van der Waals surface area contributed by atoms with Crippen LogP contribution in [-0.2, 0) is 7.05 Å². The summed E-state index contributed by atoms with van der Waals surface area (Å²) in [6.45, 7) is 1.85. The highest BCUT2D eigenvalue weighted by Gasteiger charge is 2.10. The van der Waals surface area contributed by atoms with Crippen molar-refractivity contribution in [1.29, 1.82) is 0 Å². The largest absolute Gasteiger partial charge is 0.318 e. The van der Waals surface area contributed by atoms with Crippen molar-refractivity contribution in [2.75, 3.05) is 0 Å². The lowest BCUT2D eigenvalue weighted by molar-refractivity contribution is 0.629. The summed E-state index contributed by atoms with van der Waals surface area (Å²) in [5.74, 6) is 0.0696. The summed E-state index contributed by atoms with van der Waals surface area (Å²) in [7, 11) is 1.84. The molecule has 0 bridgehead atoms. The van der Waals surface area contributed by atoms with Gasteiger partial charge < -0.3 is 4.57 Å². The Morgan fingerprint density at radius 3 is 2.83 bits per heavy atom. The van der Waals surface area contributed by atoms with E-state index in [0.717, 1.165) is 5.56 Å². The standard InChI is InChI=1S/C13H11FN4/c1-8-3-4-9(10(14)5-8)12-15-6-11-13(17-12)18(2)7-16-11/h3-7H,1-2H3. The second-order valence-electron chi connectivity index (χ2n) is 4.24. The SMILES string of the molecule is Cc1ccc(-c2ncc3ncn(C)c3n2)c(F)c1. The average Bonchev–Trinajstić information content (AvgIpc) is 2.71. The molecule has 0 amide bonds. The molecule has 0 N–H and O–H groups in total. The summed E-state index contributed by atoms with van der Waals surface area (Å²) >= 11 is 0. The maximum Gasteiger partial charge on any atom is 0.164 e. The molecule has 2 heterocycles. The number of hydrogen-bond donors (Lipinski definition) is 0. The van der Waals surface area contributed by atoms with E-state index in [4.69, 9.17) is 0 Å². The highest BCUT2D eigenvalue weighted by molar-refractivity contribution is 5.72. The molecule has 0 aliphatic heterocycles. The fraction of sp³-hybridized carbons (Fsp3) is 0.154. The predicted molar refractivity (Wildman–Crippen MR) is 66.4 cm³/mol. The molecule has 0 radical (unpaired) electrons. The molecule has 2 aromatic heterocycles. The summed E-state index contributed by atoms with van der Waals surface area (Å²) in [6, 6.07) is 5.02. The molecular formula is C13H11FN4. The van der Waals surface area contributed by atoms with Crippen molar-refractivity contribution in [2.45, 2.75) is 6.92 Å². The number of benzene rings is 1. The Bertz CT molecular complexity index is 733. The van der Waals surface area contributed by atoms with Crippen molar-refractivity contribution in [3.05, 3.63) is 42.1 Å². The molecule has 1 aromatic carbocycles. The quantitative estimate of drug-likeness (QED) is 0.658. The van der Waals surface area contributed by atoms with Crippen LogP contribution in [-0.4, -0.2) is 19.5 Å². The zero-order valence-electron chi connectivity index (χ0n) is 10.1. The topological polar surface area (TPSA) is 43.6 Å². The first-order valence-corrected chi connectivity index (χ1v) is 5.56. The molecule has 4 nitrogen and oxygen atoms in total. The summed E-state index contributed by atoms with van der Waals surface area (Å²) in [6.07, 6.45) is 3.27. The second kappa shape index (κ2) is 3.87. The number of nitrogens with zero attached hydrogens (tertiary/aromatic N) is 4. The molecule has 0 unspecified atom stereocenters. The number of aromatic nitrogens is 4. The molecule has 90 valence electrons. The highest BCUT2D eigenvalue weighted by Crippen LogP contribution is 2.21. The minimum atomic E-state index is -0.309. The lowest BCUT2D eigenvalue weighted by Gasteiger charge is -2.03. The van der Waals surface area contributed by atoms with Gasteiger partial charge in [-0.05, 0) is 24.6 Å². The molecule has 0 aliphatic carbocycles. The Morgan fingerprint density at radius 2 is 2.06 bits per heavy atom. The fourth-order valence-electron chi connectivity index (χ4n) is 1.85. The number of rotatable bonds is 1. The molecule has 3 rings (SSSR count). The molecule has 18 heavy (non-hydrogen) atoms. The molecule has 0 fully saturated rings. The first-order chi connectivity index (χ1) is 8.65. The predicted octanol–water partition coefficient (Wildman–Crippen LogP) is 2.48. The molecular weight excluding hydrogens is 231 g/mol. The van der Waals surface area contributed by atoms with E-state index in [1.165, 1.54) is 6.07 Å². The van der Waals surface area contributed by atoms with Crippen LogP contribution < -0.4 is 0 Å². The van der Waals surface area contributed by atoms with Crippen LogP contribution in [0.5, 0.6) is 0 Å². The normalized spacial score (nSPS) is 11.1. The maximum absolute atomic E-state index is 13.9. The minimum absolute atomic E-state index is 0.309. The Hall–Kier alpha value is -2.30. The second-order valence-corrected chi connectivity index (χ2v) is 4.24. The van der Waals surface area contributed by atoms with Crippen molar-refractivity contribution in [2.24, 2.45) is 7.05 Å². The fourth-order valence-corrected chi connectivity index (χ4v) is 1.85. The van der Waals surface area contributed by atoms with E-state index in [0.29, 0.717) is 22.6 Å². The summed E-state index contributed by atoms with van der Waals surface area (Å²) < 4.78 is 15.6. The summed E-state index contributed by atoms with van der Waals surface area (Å²) in [4.78, 5) is 12.6.